The van der Waals surface area contributed by atoms with Crippen LogP contribution in [0.5, 0.6) is 0 Å². The normalized spacial score (nSPS) is 20.1. The minimum Gasteiger partial charge on any atom is -0.396 e. The number of aliphatic hydroxyl groups excluding tert-OH is 1. The molecule has 1 saturated heterocycles. The molecule has 1 aromatic heterocycles. The Morgan fingerprint density at radius 3 is 2.78 bits per heavy atom. The molecule has 2 atom stereocenters. The zero-order valence-electron chi connectivity index (χ0n) is 16.8. The Bertz CT molecular complexity index is 801. The van der Waals surface area contributed by atoms with Crippen LogP contribution in [0.25, 0.3) is 10.9 Å². The standard InChI is InChI=1S/C21H31N3O3/c1-14-15(2)22-20-6-5-16(9-19(14)20)21(26)24-11-17(18(12-24)13-25)10-23(3)7-8-27-4/h5-6,9,17-18,22,25H,7-8,10-13H2,1-4H3. The van der Waals surface area contributed by atoms with E-state index in [9.17, 15) is 9.90 Å². The Balaban J connectivity index is 1.72. The largest absolute Gasteiger partial charge is 0.396 e. The third kappa shape index (κ3) is 4.18. The number of hydrogen-bond acceptors (Lipinski definition) is 4. The summed E-state index contributed by atoms with van der Waals surface area (Å²) in [6, 6.07) is 5.87. The van der Waals surface area contributed by atoms with Crippen molar-refractivity contribution in [3.8, 4) is 0 Å². The Morgan fingerprint density at radius 2 is 2.07 bits per heavy atom. The van der Waals surface area contributed by atoms with Gasteiger partial charge in [-0.25, -0.2) is 0 Å². The molecule has 1 aromatic carbocycles. The fraction of sp³-hybridized carbons (Fsp3) is 0.571. The number of H-pyrrole nitrogens is 1. The SMILES string of the molecule is COCCN(C)CC1CN(C(=O)c2ccc3[nH]c(C)c(C)c3c2)CC1CO. The molecule has 1 amide bonds. The maximum absolute atomic E-state index is 13.1. The smallest absolute Gasteiger partial charge is 0.253 e. The molecule has 0 bridgehead atoms. The molecule has 0 aliphatic carbocycles. The Labute approximate surface area is 161 Å². The molecule has 6 nitrogen and oxygen atoms in total. The first-order chi connectivity index (χ1) is 12.9. The maximum Gasteiger partial charge on any atom is 0.253 e. The first-order valence-electron chi connectivity index (χ1n) is 9.61. The summed E-state index contributed by atoms with van der Waals surface area (Å²) in [6.07, 6.45) is 0. The van der Waals surface area contributed by atoms with Crippen LogP contribution in [-0.2, 0) is 4.74 Å². The van der Waals surface area contributed by atoms with E-state index >= 15 is 0 Å². The number of hydrogen-bond donors (Lipinski definition) is 2. The van der Waals surface area contributed by atoms with Gasteiger partial charge < -0.3 is 24.6 Å². The summed E-state index contributed by atoms with van der Waals surface area (Å²) in [4.78, 5) is 20.5. The van der Waals surface area contributed by atoms with Gasteiger partial charge in [-0.05, 0) is 50.6 Å². The fourth-order valence-corrected chi connectivity index (χ4v) is 4.03. The number of amides is 1. The molecule has 1 aliphatic rings. The van der Waals surface area contributed by atoms with Gasteiger partial charge in [0.1, 0.15) is 0 Å². The van der Waals surface area contributed by atoms with E-state index in [0.717, 1.165) is 35.2 Å². The lowest BCUT2D eigenvalue weighted by molar-refractivity contribution is 0.0779. The van der Waals surface area contributed by atoms with Crippen LogP contribution < -0.4 is 0 Å². The number of nitrogens with one attached hydrogen (secondary N) is 1. The number of likely N-dealkylation sites (tertiary alicyclic amines) is 1. The first kappa shape index (κ1) is 19.9. The van der Waals surface area contributed by atoms with Crippen molar-refractivity contribution >= 4 is 16.8 Å². The number of aromatic amines is 1. The summed E-state index contributed by atoms with van der Waals surface area (Å²) in [6.45, 7) is 7.92. The molecule has 1 fully saturated rings. The molecule has 1 aliphatic heterocycles. The summed E-state index contributed by atoms with van der Waals surface area (Å²) in [7, 11) is 3.76. The van der Waals surface area contributed by atoms with Gasteiger partial charge in [-0.3, -0.25) is 4.79 Å². The number of nitrogens with zero attached hydrogens (tertiary/aromatic N) is 2. The van der Waals surface area contributed by atoms with Gasteiger partial charge in [0.2, 0.25) is 0 Å². The Morgan fingerprint density at radius 1 is 1.33 bits per heavy atom. The molecule has 148 valence electrons. The van der Waals surface area contributed by atoms with E-state index in [1.807, 2.05) is 30.0 Å². The van der Waals surface area contributed by atoms with Crippen LogP contribution in [0, 0.1) is 25.7 Å². The number of carbonyl (C=O) groups is 1. The van der Waals surface area contributed by atoms with E-state index in [4.69, 9.17) is 4.74 Å². The summed E-state index contributed by atoms with van der Waals surface area (Å²) >= 11 is 0. The zero-order chi connectivity index (χ0) is 19.6. The fourth-order valence-electron chi connectivity index (χ4n) is 4.03. The zero-order valence-corrected chi connectivity index (χ0v) is 16.8. The average molecular weight is 373 g/mol. The van der Waals surface area contributed by atoms with Gasteiger partial charge in [-0.2, -0.15) is 0 Å². The molecule has 2 unspecified atom stereocenters. The second-order valence-corrected chi connectivity index (χ2v) is 7.80. The molecule has 6 heteroatoms. The van der Waals surface area contributed by atoms with Gasteiger partial charge in [0.05, 0.1) is 6.61 Å². The second-order valence-electron chi connectivity index (χ2n) is 7.80. The van der Waals surface area contributed by atoms with Crippen molar-refractivity contribution in [3.05, 3.63) is 35.0 Å². The highest BCUT2D eigenvalue weighted by atomic mass is 16.5. The van der Waals surface area contributed by atoms with Crippen molar-refractivity contribution in [2.75, 3.05) is 53.6 Å². The maximum atomic E-state index is 13.1. The van der Waals surface area contributed by atoms with Gasteiger partial charge >= 0.3 is 0 Å². The molecule has 2 aromatic rings. The molecule has 0 radical (unpaired) electrons. The van der Waals surface area contributed by atoms with Gasteiger partial charge in [0.25, 0.3) is 5.91 Å². The minimum atomic E-state index is 0.0515. The van der Waals surface area contributed by atoms with Crippen molar-refractivity contribution in [3.63, 3.8) is 0 Å². The minimum absolute atomic E-state index is 0.0515. The Kier molecular flexibility index (Phi) is 6.19. The van der Waals surface area contributed by atoms with Crippen molar-refractivity contribution in [1.82, 2.24) is 14.8 Å². The van der Waals surface area contributed by atoms with Crippen molar-refractivity contribution in [1.29, 1.82) is 0 Å². The molecular formula is C21H31N3O3. The number of rotatable bonds is 7. The van der Waals surface area contributed by atoms with Crippen LogP contribution in [-0.4, -0.2) is 79.3 Å². The molecule has 27 heavy (non-hydrogen) atoms. The number of benzene rings is 1. The first-order valence-corrected chi connectivity index (χ1v) is 9.61. The van der Waals surface area contributed by atoms with Gasteiger partial charge in [0.15, 0.2) is 0 Å². The molecule has 0 saturated carbocycles. The Hall–Kier alpha value is -1.89. The van der Waals surface area contributed by atoms with Crippen LogP contribution in [0.1, 0.15) is 21.6 Å². The summed E-state index contributed by atoms with van der Waals surface area (Å²) in [5.41, 5.74) is 4.10. The lowest BCUT2D eigenvalue weighted by Gasteiger charge is -2.23. The summed E-state index contributed by atoms with van der Waals surface area (Å²) < 4.78 is 5.14. The van der Waals surface area contributed by atoms with Crippen LogP contribution >= 0.6 is 0 Å². The van der Waals surface area contributed by atoms with E-state index in [0.29, 0.717) is 19.7 Å². The lowest BCUT2D eigenvalue weighted by Crippen LogP contribution is -2.33. The highest BCUT2D eigenvalue weighted by molar-refractivity contribution is 5.99. The molecule has 2 heterocycles. The monoisotopic (exact) mass is 373 g/mol. The number of likely N-dealkylation sites (N-methyl/N-ethyl adjacent to an activating group) is 1. The van der Waals surface area contributed by atoms with E-state index in [-0.39, 0.29) is 24.3 Å². The predicted octanol–water partition coefficient (Wildman–Crippen LogP) is 2.04. The third-order valence-corrected chi connectivity index (χ3v) is 5.88. The van der Waals surface area contributed by atoms with Gasteiger partial charge in [-0.15, -0.1) is 0 Å². The number of aliphatic hydroxyl groups is 1. The predicted molar refractivity (Wildman–Crippen MR) is 107 cm³/mol. The van der Waals surface area contributed by atoms with Gasteiger partial charge in [-0.1, -0.05) is 0 Å². The molecular weight excluding hydrogens is 342 g/mol. The van der Waals surface area contributed by atoms with Crippen molar-refractivity contribution < 1.29 is 14.6 Å². The number of aryl methyl sites for hydroxylation is 2. The van der Waals surface area contributed by atoms with E-state index < -0.39 is 0 Å². The van der Waals surface area contributed by atoms with Crippen LogP contribution in [0.2, 0.25) is 0 Å². The van der Waals surface area contributed by atoms with Crippen LogP contribution in [0.3, 0.4) is 0 Å². The quantitative estimate of drug-likeness (QED) is 0.779. The lowest BCUT2D eigenvalue weighted by atomic mass is 9.96. The number of ether oxygens (including phenoxy) is 1. The van der Waals surface area contributed by atoms with Crippen LogP contribution in [0.4, 0.5) is 0 Å². The topological polar surface area (TPSA) is 68.8 Å². The van der Waals surface area contributed by atoms with Crippen LogP contribution in [0.15, 0.2) is 18.2 Å². The van der Waals surface area contributed by atoms with E-state index in [1.165, 1.54) is 5.56 Å². The van der Waals surface area contributed by atoms with Crippen molar-refractivity contribution in [2.24, 2.45) is 11.8 Å². The highest BCUT2D eigenvalue weighted by Gasteiger charge is 2.35. The number of fused-ring (bicyclic) bond motifs is 1. The van der Waals surface area contributed by atoms with E-state index in [2.05, 4.69) is 23.9 Å². The summed E-state index contributed by atoms with van der Waals surface area (Å²) in [5, 5.41) is 10.9. The number of methoxy groups -OCH3 is 1. The third-order valence-electron chi connectivity index (χ3n) is 5.88. The van der Waals surface area contributed by atoms with Crippen molar-refractivity contribution in [2.45, 2.75) is 13.8 Å². The summed E-state index contributed by atoms with van der Waals surface area (Å²) in [5.74, 6) is 0.454. The van der Waals surface area contributed by atoms with Gasteiger partial charge in [0, 0.05) is 68.0 Å². The molecule has 0 spiro atoms. The number of aromatic nitrogens is 1. The molecule has 2 N–H and O–H groups in total. The average Bonchev–Trinajstić information content (AvgIpc) is 3.20. The van der Waals surface area contributed by atoms with E-state index in [1.54, 1.807) is 7.11 Å². The highest BCUT2D eigenvalue weighted by Crippen LogP contribution is 2.27. The second kappa shape index (κ2) is 8.42. The molecule has 3 rings (SSSR count). The number of carbonyl (C=O) groups excluding carboxylic acids is 1.